The van der Waals surface area contributed by atoms with E-state index in [1.807, 2.05) is 6.07 Å². The number of halogens is 1. The Morgan fingerprint density at radius 1 is 1.22 bits per heavy atom. The highest BCUT2D eigenvalue weighted by molar-refractivity contribution is 7.22. The number of amides is 2. The number of nitro benzene ring substituents is 1. The SMILES string of the molecule is O=C(Nc1cccc([N+](=O)[O-])c1)Nc1nc2c(Cl)cccc2s1. The predicted molar refractivity (Wildman–Crippen MR) is 90.4 cm³/mol. The van der Waals surface area contributed by atoms with Crippen molar-refractivity contribution in [2.45, 2.75) is 0 Å². The second-order valence-corrected chi connectivity index (χ2v) is 5.93. The van der Waals surface area contributed by atoms with Gasteiger partial charge in [0.05, 0.1) is 14.6 Å². The van der Waals surface area contributed by atoms with E-state index in [1.165, 1.54) is 29.5 Å². The first-order valence-corrected chi connectivity index (χ1v) is 7.60. The van der Waals surface area contributed by atoms with Crippen molar-refractivity contribution in [1.29, 1.82) is 0 Å². The van der Waals surface area contributed by atoms with Crippen LogP contribution in [-0.2, 0) is 0 Å². The Morgan fingerprint density at radius 3 is 2.74 bits per heavy atom. The van der Waals surface area contributed by atoms with Crippen LogP contribution in [0.3, 0.4) is 0 Å². The number of non-ortho nitro benzene ring substituents is 1. The minimum Gasteiger partial charge on any atom is -0.307 e. The highest BCUT2D eigenvalue weighted by Gasteiger charge is 2.11. The maximum Gasteiger partial charge on any atom is 0.325 e. The molecule has 0 fully saturated rings. The largest absolute Gasteiger partial charge is 0.325 e. The average molecular weight is 349 g/mol. The normalized spacial score (nSPS) is 10.5. The molecule has 9 heteroatoms. The standard InChI is InChI=1S/C14H9ClN4O3S/c15-10-5-2-6-11-12(10)17-14(23-11)18-13(20)16-8-3-1-4-9(7-8)19(21)22/h1-7H,(H2,16,17,18,20). The number of nitrogens with one attached hydrogen (secondary N) is 2. The summed E-state index contributed by atoms with van der Waals surface area (Å²) in [5, 5.41) is 16.7. The Hall–Kier alpha value is -2.71. The summed E-state index contributed by atoms with van der Waals surface area (Å²) in [7, 11) is 0. The number of fused-ring (bicyclic) bond motifs is 1. The molecule has 0 aliphatic rings. The lowest BCUT2D eigenvalue weighted by Gasteiger charge is -2.04. The van der Waals surface area contributed by atoms with Gasteiger partial charge >= 0.3 is 6.03 Å². The Kier molecular flexibility index (Phi) is 4.09. The van der Waals surface area contributed by atoms with E-state index in [0.717, 1.165) is 4.70 Å². The average Bonchev–Trinajstić information content (AvgIpc) is 2.91. The topological polar surface area (TPSA) is 97.2 Å². The zero-order chi connectivity index (χ0) is 16.4. The van der Waals surface area contributed by atoms with E-state index in [2.05, 4.69) is 15.6 Å². The number of rotatable bonds is 3. The van der Waals surface area contributed by atoms with Gasteiger partial charge in [0.15, 0.2) is 5.13 Å². The monoisotopic (exact) mass is 348 g/mol. The fourth-order valence-electron chi connectivity index (χ4n) is 1.93. The number of hydrogen-bond donors (Lipinski definition) is 2. The highest BCUT2D eigenvalue weighted by atomic mass is 35.5. The molecule has 23 heavy (non-hydrogen) atoms. The lowest BCUT2D eigenvalue weighted by Crippen LogP contribution is -2.19. The Balaban J connectivity index is 1.74. The highest BCUT2D eigenvalue weighted by Crippen LogP contribution is 2.30. The summed E-state index contributed by atoms with van der Waals surface area (Å²) in [6, 6.07) is 10.5. The summed E-state index contributed by atoms with van der Waals surface area (Å²) in [5.74, 6) is 0. The van der Waals surface area contributed by atoms with E-state index in [4.69, 9.17) is 11.6 Å². The molecule has 0 aliphatic carbocycles. The second kappa shape index (κ2) is 6.19. The number of aromatic nitrogens is 1. The van der Waals surface area contributed by atoms with Crippen LogP contribution in [0, 0.1) is 10.1 Å². The van der Waals surface area contributed by atoms with E-state index in [9.17, 15) is 14.9 Å². The number of para-hydroxylation sites is 1. The number of benzene rings is 2. The van der Waals surface area contributed by atoms with Crippen LogP contribution in [0.1, 0.15) is 0 Å². The molecule has 116 valence electrons. The van der Waals surface area contributed by atoms with Crippen LogP contribution in [0.25, 0.3) is 10.2 Å². The molecule has 1 aromatic heterocycles. The molecule has 0 atom stereocenters. The molecule has 7 nitrogen and oxygen atoms in total. The van der Waals surface area contributed by atoms with Gasteiger partial charge in [-0.25, -0.2) is 9.78 Å². The number of anilines is 2. The quantitative estimate of drug-likeness (QED) is 0.537. The van der Waals surface area contributed by atoms with E-state index < -0.39 is 11.0 Å². The molecule has 2 amide bonds. The van der Waals surface area contributed by atoms with Crippen molar-refractivity contribution in [2.24, 2.45) is 0 Å². The van der Waals surface area contributed by atoms with Crippen molar-refractivity contribution in [3.8, 4) is 0 Å². The molecule has 1 heterocycles. The van der Waals surface area contributed by atoms with Gasteiger partial charge in [-0.15, -0.1) is 0 Å². The number of nitro groups is 1. The first kappa shape index (κ1) is 15.2. The van der Waals surface area contributed by atoms with Gasteiger partial charge in [0.2, 0.25) is 0 Å². The van der Waals surface area contributed by atoms with Gasteiger partial charge in [0.1, 0.15) is 5.52 Å². The molecule has 0 spiro atoms. The van der Waals surface area contributed by atoms with Gasteiger partial charge in [-0.2, -0.15) is 0 Å². The molecule has 0 aliphatic heterocycles. The lowest BCUT2D eigenvalue weighted by molar-refractivity contribution is -0.384. The third-order valence-electron chi connectivity index (χ3n) is 2.91. The van der Waals surface area contributed by atoms with Crippen LogP contribution in [0.2, 0.25) is 5.02 Å². The van der Waals surface area contributed by atoms with Crippen LogP contribution < -0.4 is 10.6 Å². The number of carbonyl (C=O) groups excluding carboxylic acids is 1. The first-order chi connectivity index (χ1) is 11.0. The summed E-state index contributed by atoms with van der Waals surface area (Å²) < 4.78 is 0.850. The van der Waals surface area contributed by atoms with Crippen LogP contribution in [0.5, 0.6) is 0 Å². The minimum absolute atomic E-state index is 0.102. The lowest BCUT2D eigenvalue weighted by atomic mass is 10.3. The van der Waals surface area contributed by atoms with Crippen molar-refractivity contribution in [1.82, 2.24) is 4.98 Å². The van der Waals surface area contributed by atoms with Gasteiger partial charge in [-0.1, -0.05) is 35.1 Å². The molecule has 0 saturated carbocycles. The molecule has 2 N–H and O–H groups in total. The van der Waals surface area contributed by atoms with Crippen LogP contribution in [0.4, 0.5) is 21.3 Å². The summed E-state index contributed by atoms with van der Waals surface area (Å²) in [4.78, 5) is 26.4. The summed E-state index contributed by atoms with van der Waals surface area (Å²) in [6.07, 6.45) is 0. The van der Waals surface area contributed by atoms with Gasteiger partial charge < -0.3 is 5.32 Å². The number of thiazole rings is 1. The van der Waals surface area contributed by atoms with Gasteiger partial charge in [0.25, 0.3) is 5.69 Å². The van der Waals surface area contributed by atoms with Crippen molar-refractivity contribution in [3.05, 3.63) is 57.6 Å². The second-order valence-electron chi connectivity index (χ2n) is 4.49. The Bertz CT molecular complexity index is 912. The van der Waals surface area contributed by atoms with E-state index >= 15 is 0 Å². The predicted octanol–water partition coefficient (Wildman–Crippen LogP) is 4.50. The van der Waals surface area contributed by atoms with E-state index in [-0.39, 0.29) is 5.69 Å². The molecule has 3 aromatic rings. The summed E-state index contributed by atoms with van der Waals surface area (Å²) in [6.45, 7) is 0. The van der Waals surface area contributed by atoms with Gasteiger partial charge in [-0.05, 0) is 18.2 Å². The number of urea groups is 1. The fourth-order valence-corrected chi connectivity index (χ4v) is 3.09. The molecule has 0 saturated heterocycles. The van der Waals surface area contributed by atoms with Crippen LogP contribution in [0.15, 0.2) is 42.5 Å². The molecular weight excluding hydrogens is 340 g/mol. The number of hydrogen-bond acceptors (Lipinski definition) is 5. The van der Waals surface area contributed by atoms with E-state index in [1.54, 1.807) is 18.2 Å². The Labute approximate surface area is 139 Å². The molecular formula is C14H9ClN4O3S. The third-order valence-corrected chi connectivity index (χ3v) is 4.15. The van der Waals surface area contributed by atoms with Gasteiger partial charge in [-0.3, -0.25) is 15.4 Å². The molecule has 0 unspecified atom stereocenters. The third kappa shape index (κ3) is 3.38. The maximum atomic E-state index is 12.0. The Morgan fingerprint density at radius 2 is 2.00 bits per heavy atom. The smallest absolute Gasteiger partial charge is 0.307 e. The fraction of sp³-hybridized carbons (Fsp3) is 0. The maximum absolute atomic E-state index is 12.0. The van der Waals surface area contributed by atoms with Crippen LogP contribution >= 0.6 is 22.9 Å². The van der Waals surface area contributed by atoms with Crippen molar-refractivity contribution < 1.29 is 9.72 Å². The minimum atomic E-state index is -0.541. The van der Waals surface area contributed by atoms with Gasteiger partial charge in [0, 0.05) is 17.8 Å². The van der Waals surface area contributed by atoms with Crippen LogP contribution in [-0.4, -0.2) is 15.9 Å². The summed E-state index contributed by atoms with van der Waals surface area (Å²) >= 11 is 7.32. The molecule has 0 radical (unpaired) electrons. The number of carbonyl (C=O) groups is 1. The zero-order valence-electron chi connectivity index (χ0n) is 11.4. The zero-order valence-corrected chi connectivity index (χ0v) is 13.0. The van der Waals surface area contributed by atoms with E-state index in [0.29, 0.717) is 21.4 Å². The van der Waals surface area contributed by atoms with Crippen molar-refractivity contribution in [3.63, 3.8) is 0 Å². The molecule has 0 bridgehead atoms. The van der Waals surface area contributed by atoms with Crippen molar-refractivity contribution in [2.75, 3.05) is 10.6 Å². The van der Waals surface area contributed by atoms with Crippen molar-refractivity contribution >= 4 is 55.7 Å². The summed E-state index contributed by atoms with van der Waals surface area (Å²) in [5.41, 5.74) is 0.829. The molecule has 2 aromatic carbocycles. The number of nitrogens with zero attached hydrogens (tertiary/aromatic N) is 2. The first-order valence-electron chi connectivity index (χ1n) is 6.40. The molecule has 3 rings (SSSR count).